The molecule has 0 spiro atoms. The van der Waals surface area contributed by atoms with Gasteiger partial charge in [0.1, 0.15) is 5.60 Å². The van der Waals surface area contributed by atoms with E-state index in [1.165, 1.54) is 17.1 Å². The molecule has 0 saturated carbocycles. The topological polar surface area (TPSA) is 62.2 Å². The Morgan fingerprint density at radius 3 is 2.68 bits per heavy atom. The van der Waals surface area contributed by atoms with E-state index in [0.717, 1.165) is 6.42 Å². The Morgan fingerprint density at radius 2 is 2.16 bits per heavy atom. The summed E-state index contributed by atoms with van der Waals surface area (Å²) in [6.45, 7) is 5.97. The number of aliphatic hydroxyl groups is 1. The summed E-state index contributed by atoms with van der Waals surface area (Å²) >= 11 is 0. The molecule has 0 fully saturated rings. The van der Waals surface area contributed by atoms with Gasteiger partial charge in [0.2, 0.25) is 0 Å². The molecule has 0 bridgehead atoms. The zero-order chi connectivity index (χ0) is 14.6. The van der Waals surface area contributed by atoms with Gasteiger partial charge in [-0.15, -0.1) is 0 Å². The van der Waals surface area contributed by atoms with E-state index in [9.17, 15) is 9.90 Å². The Kier molecular flexibility index (Phi) is 5.34. The molecular formula is C13H24N2O4. The minimum Gasteiger partial charge on any atom is -0.444 e. The van der Waals surface area contributed by atoms with Crippen LogP contribution >= 0.6 is 0 Å². The molecule has 2 atom stereocenters. The predicted molar refractivity (Wildman–Crippen MR) is 71.3 cm³/mol. The van der Waals surface area contributed by atoms with Gasteiger partial charge in [0.15, 0.2) is 6.23 Å². The fraction of sp³-hybridized carbons (Fsp3) is 0.769. The number of rotatable bonds is 3. The fourth-order valence-corrected chi connectivity index (χ4v) is 1.82. The number of likely N-dealkylation sites (N-methyl/N-ethyl adjacent to an activating group) is 1. The number of carbonyl (C=O) groups excluding carboxylic acids is 1. The molecular weight excluding hydrogens is 248 g/mol. The molecule has 1 unspecified atom stereocenters. The summed E-state index contributed by atoms with van der Waals surface area (Å²) in [5, 5.41) is 11.5. The van der Waals surface area contributed by atoms with Crippen molar-refractivity contribution < 1.29 is 19.5 Å². The second-order valence-electron chi connectivity index (χ2n) is 5.52. The monoisotopic (exact) mass is 272 g/mol. The average molecular weight is 272 g/mol. The minimum absolute atomic E-state index is 0.426. The molecule has 6 nitrogen and oxygen atoms in total. The summed E-state index contributed by atoms with van der Waals surface area (Å²) in [5.41, 5.74) is -0.555. The van der Waals surface area contributed by atoms with Crippen molar-refractivity contribution in [3.8, 4) is 0 Å². The van der Waals surface area contributed by atoms with E-state index in [4.69, 9.17) is 9.57 Å². The molecule has 0 aromatic heterocycles. The number of aliphatic hydroxyl groups excluding tert-OH is 1. The van der Waals surface area contributed by atoms with E-state index in [1.807, 2.05) is 26.8 Å². The Bertz CT molecular complexity index is 338. The molecule has 0 aliphatic carbocycles. The average Bonchev–Trinajstić information content (AvgIpc) is 2.35. The molecule has 0 aromatic carbocycles. The van der Waals surface area contributed by atoms with Crippen molar-refractivity contribution in [1.29, 1.82) is 0 Å². The lowest BCUT2D eigenvalue weighted by Crippen LogP contribution is -2.54. The van der Waals surface area contributed by atoms with E-state index in [-0.39, 0.29) is 0 Å². The number of nitrogens with zero attached hydrogens (tertiary/aromatic N) is 2. The highest BCUT2D eigenvalue weighted by molar-refractivity contribution is 5.69. The van der Waals surface area contributed by atoms with Crippen LogP contribution in [0.4, 0.5) is 4.79 Å². The molecule has 1 aliphatic heterocycles. The molecule has 1 heterocycles. The van der Waals surface area contributed by atoms with Crippen molar-refractivity contribution >= 4 is 6.09 Å². The van der Waals surface area contributed by atoms with Crippen LogP contribution in [0.2, 0.25) is 0 Å². The lowest BCUT2D eigenvalue weighted by molar-refractivity contribution is -0.216. The van der Waals surface area contributed by atoms with Crippen molar-refractivity contribution in [2.24, 2.45) is 0 Å². The van der Waals surface area contributed by atoms with Crippen molar-refractivity contribution in [3.63, 3.8) is 0 Å². The van der Waals surface area contributed by atoms with E-state index in [2.05, 4.69) is 0 Å². The molecule has 1 rings (SSSR count). The summed E-state index contributed by atoms with van der Waals surface area (Å²) in [5.74, 6) is 0. The van der Waals surface area contributed by atoms with Gasteiger partial charge < -0.3 is 9.84 Å². The third-order valence-electron chi connectivity index (χ3n) is 2.82. The van der Waals surface area contributed by atoms with Gasteiger partial charge in [-0.2, -0.15) is 5.06 Å². The van der Waals surface area contributed by atoms with E-state index < -0.39 is 24.0 Å². The summed E-state index contributed by atoms with van der Waals surface area (Å²) in [6, 6.07) is -0.478. The highest BCUT2D eigenvalue weighted by Crippen LogP contribution is 2.19. The van der Waals surface area contributed by atoms with Gasteiger partial charge in [0.05, 0.1) is 13.2 Å². The van der Waals surface area contributed by atoms with Crippen LogP contribution in [-0.4, -0.2) is 59.7 Å². The van der Waals surface area contributed by atoms with E-state index >= 15 is 0 Å². The largest absolute Gasteiger partial charge is 0.444 e. The van der Waals surface area contributed by atoms with Crippen molar-refractivity contribution in [1.82, 2.24) is 9.96 Å². The van der Waals surface area contributed by atoms with Crippen LogP contribution in [0, 0.1) is 0 Å². The Hall–Kier alpha value is -1.11. The van der Waals surface area contributed by atoms with Gasteiger partial charge in [-0.05, 0) is 27.2 Å². The first-order valence-corrected chi connectivity index (χ1v) is 6.37. The molecule has 1 aliphatic rings. The Morgan fingerprint density at radius 1 is 1.53 bits per heavy atom. The van der Waals surface area contributed by atoms with Crippen LogP contribution in [0.3, 0.4) is 0 Å². The SMILES string of the molecule is CON(C)C(O)[C@H]1C=CCCN1C(=O)OC(C)(C)C. The molecule has 0 aromatic rings. The zero-order valence-electron chi connectivity index (χ0n) is 12.3. The summed E-state index contributed by atoms with van der Waals surface area (Å²) in [6.07, 6.45) is 3.13. The van der Waals surface area contributed by atoms with Gasteiger partial charge in [0, 0.05) is 13.6 Å². The van der Waals surface area contributed by atoms with Crippen molar-refractivity contribution in [2.75, 3.05) is 20.7 Å². The highest BCUT2D eigenvalue weighted by Gasteiger charge is 2.34. The fourth-order valence-electron chi connectivity index (χ4n) is 1.82. The maximum Gasteiger partial charge on any atom is 0.410 e. The van der Waals surface area contributed by atoms with Gasteiger partial charge in [0.25, 0.3) is 0 Å². The van der Waals surface area contributed by atoms with Crippen LogP contribution < -0.4 is 0 Å². The minimum atomic E-state index is -0.936. The molecule has 110 valence electrons. The Balaban J connectivity index is 2.80. The standard InChI is InChI=1S/C13H24N2O4/c1-13(2,3)19-12(17)15-9-7-6-8-10(15)11(16)14(4)18-5/h6,8,10-11,16H,7,9H2,1-5H3/t10-,11?/m1/s1. The second kappa shape index (κ2) is 6.36. The third kappa shape index (κ3) is 4.49. The zero-order valence-corrected chi connectivity index (χ0v) is 12.3. The summed E-state index contributed by atoms with van der Waals surface area (Å²) in [4.78, 5) is 18.6. The first kappa shape index (κ1) is 15.9. The molecule has 6 heteroatoms. The number of amides is 1. The maximum absolute atomic E-state index is 12.1. The van der Waals surface area contributed by atoms with Crippen molar-refractivity contribution in [2.45, 2.75) is 45.1 Å². The molecule has 19 heavy (non-hydrogen) atoms. The Labute approximate surface area is 114 Å². The molecule has 1 N–H and O–H groups in total. The number of carbonyl (C=O) groups is 1. The molecule has 0 saturated heterocycles. The summed E-state index contributed by atoms with van der Waals surface area (Å²) < 4.78 is 5.35. The highest BCUT2D eigenvalue weighted by atomic mass is 16.7. The predicted octanol–water partition coefficient (Wildman–Crippen LogP) is 1.36. The van der Waals surface area contributed by atoms with Gasteiger partial charge in [-0.1, -0.05) is 12.2 Å². The number of ether oxygens (including phenoxy) is 1. The number of hydrogen-bond donors (Lipinski definition) is 1. The smallest absolute Gasteiger partial charge is 0.410 e. The lowest BCUT2D eigenvalue weighted by atomic mass is 10.1. The van der Waals surface area contributed by atoms with E-state index in [1.54, 1.807) is 13.1 Å². The number of hydrogen-bond acceptors (Lipinski definition) is 5. The normalized spacial score (nSPS) is 21.6. The van der Waals surface area contributed by atoms with Crippen LogP contribution in [-0.2, 0) is 9.57 Å². The quantitative estimate of drug-likeness (QED) is 0.477. The van der Waals surface area contributed by atoms with E-state index in [0.29, 0.717) is 6.54 Å². The molecule has 1 amide bonds. The van der Waals surface area contributed by atoms with Crippen LogP contribution in [0.25, 0.3) is 0 Å². The molecule has 0 radical (unpaired) electrons. The van der Waals surface area contributed by atoms with Gasteiger partial charge in [-0.25, -0.2) is 4.79 Å². The second-order valence-corrected chi connectivity index (χ2v) is 5.52. The van der Waals surface area contributed by atoms with Crippen molar-refractivity contribution in [3.05, 3.63) is 12.2 Å². The summed E-state index contributed by atoms with van der Waals surface area (Å²) in [7, 11) is 3.08. The first-order valence-electron chi connectivity index (χ1n) is 6.37. The van der Waals surface area contributed by atoms with Gasteiger partial charge in [-0.3, -0.25) is 9.74 Å². The first-order chi connectivity index (χ1) is 8.76. The maximum atomic E-state index is 12.1. The third-order valence-corrected chi connectivity index (χ3v) is 2.82. The van der Waals surface area contributed by atoms with Crippen LogP contribution in [0.1, 0.15) is 27.2 Å². The van der Waals surface area contributed by atoms with Gasteiger partial charge >= 0.3 is 6.09 Å². The van der Waals surface area contributed by atoms with Crippen LogP contribution in [0.5, 0.6) is 0 Å². The lowest BCUT2D eigenvalue weighted by Gasteiger charge is -2.38. The number of hydroxylamine groups is 2. The van der Waals surface area contributed by atoms with Crippen LogP contribution in [0.15, 0.2) is 12.2 Å².